The zero-order valence-corrected chi connectivity index (χ0v) is 3.78. The molecule has 0 nitrogen and oxygen atoms in total. The Labute approximate surface area is 39.7 Å². The molecule has 0 atom stereocenters. The van der Waals surface area contributed by atoms with E-state index in [1.807, 2.05) is 0 Å². The highest BCUT2D eigenvalue weighted by molar-refractivity contribution is 6.21. The van der Waals surface area contributed by atoms with Crippen LogP contribution in [0.25, 0.3) is 0 Å². The van der Waals surface area contributed by atoms with Crippen LogP contribution >= 0.6 is 0 Å². The first kappa shape index (κ1) is 3.98. The Morgan fingerprint density at radius 3 is 2.67 bits per heavy atom. The third-order valence-corrected chi connectivity index (χ3v) is 1.08. The van der Waals surface area contributed by atoms with E-state index in [0.29, 0.717) is 0 Å². The molecule has 0 aliphatic heterocycles. The van der Waals surface area contributed by atoms with Crippen LogP contribution in [0, 0.1) is 0 Å². The standard InChI is InChI=1S/C5H7B/c6-5-3-1-2-4-5/h3H,1-2,4H2. The minimum atomic E-state index is 1.08. The van der Waals surface area contributed by atoms with Gasteiger partial charge in [-0.25, -0.2) is 0 Å². The lowest BCUT2D eigenvalue weighted by Gasteiger charge is -1.80. The van der Waals surface area contributed by atoms with Crippen molar-refractivity contribution in [2.45, 2.75) is 19.3 Å². The monoisotopic (exact) mass is 78.1 g/mol. The summed E-state index contributed by atoms with van der Waals surface area (Å²) in [5.41, 5.74) is 1.08. The largest absolute Gasteiger partial charge is 0.122 e. The molecule has 0 heterocycles. The van der Waals surface area contributed by atoms with Crippen molar-refractivity contribution < 1.29 is 0 Å². The van der Waals surface area contributed by atoms with Gasteiger partial charge in [0.15, 0.2) is 0 Å². The van der Waals surface area contributed by atoms with Crippen LogP contribution in [0.15, 0.2) is 11.5 Å². The first-order valence-electron chi connectivity index (χ1n) is 2.34. The van der Waals surface area contributed by atoms with Gasteiger partial charge in [0.25, 0.3) is 0 Å². The van der Waals surface area contributed by atoms with E-state index in [1.165, 1.54) is 12.8 Å². The summed E-state index contributed by atoms with van der Waals surface area (Å²) >= 11 is 0. The molecule has 0 N–H and O–H groups in total. The van der Waals surface area contributed by atoms with Crippen molar-refractivity contribution >= 4 is 7.85 Å². The lowest BCUT2D eigenvalue weighted by atomic mass is 9.96. The van der Waals surface area contributed by atoms with Gasteiger partial charge in [0.1, 0.15) is 7.85 Å². The average Bonchev–Trinajstić information content (AvgIpc) is 1.86. The highest BCUT2D eigenvalue weighted by atomic mass is 14.0. The Bertz CT molecular complexity index is 74.0. The van der Waals surface area contributed by atoms with Crippen LogP contribution in [0.5, 0.6) is 0 Å². The van der Waals surface area contributed by atoms with Crippen molar-refractivity contribution in [3.8, 4) is 0 Å². The van der Waals surface area contributed by atoms with Gasteiger partial charge in [-0.1, -0.05) is 6.08 Å². The topological polar surface area (TPSA) is 0 Å². The Hall–Kier alpha value is -0.195. The van der Waals surface area contributed by atoms with E-state index < -0.39 is 0 Å². The molecule has 0 saturated heterocycles. The van der Waals surface area contributed by atoms with Crippen LogP contribution in [0.2, 0.25) is 0 Å². The lowest BCUT2D eigenvalue weighted by molar-refractivity contribution is 0.924. The summed E-state index contributed by atoms with van der Waals surface area (Å²) < 4.78 is 0. The fourth-order valence-electron chi connectivity index (χ4n) is 0.696. The number of hydrogen-bond acceptors (Lipinski definition) is 0. The summed E-state index contributed by atoms with van der Waals surface area (Å²) in [5.74, 6) is 0. The molecule has 6 heavy (non-hydrogen) atoms. The molecule has 1 aliphatic rings. The highest BCUT2D eigenvalue weighted by Gasteiger charge is 1.94. The summed E-state index contributed by atoms with van der Waals surface area (Å²) in [6.07, 6.45) is 5.69. The van der Waals surface area contributed by atoms with Crippen LogP contribution in [0.1, 0.15) is 19.3 Å². The Balaban J connectivity index is 2.45. The summed E-state index contributed by atoms with van der Waals surface area (Å²) in [7, 11) is 5.40. The number of allylic oxidation sites excluding steroid dienone is 2. The van der Waals surface area contributed by atoms with Crippen LogP contribution < -0.4 is 0 Å². The predicted molar refractivity (Wildman–Crippen MR) is 27.7 cm³/mol. The molecular weight excluding hydrogens is 70.9 g/mol. The van der Waals surface area contributed by atoms with E-state index in [1.54, 1.807) is 0 Å². The molecule has 1 rings (SSSR count). The maximum atomic E-state index is 5.40. The molecule has 0 aromatic carbocycles. The zero-order chi connectivity index (χ0) is 4.41. The Kier molecular flexibility index (Phi) is 0.996. The van der Waals surface area contributed by atoms with Gasteiger partial charge in [0.05, 0.1) is 0 Å². The van der Waals surface area contributed by atoms with Crippen molar-refractivity contribution in [3.63, 3.8) is 0 Å². The first-order chi connectivity index (χ1) is 2.89. The van der Waals surface area contributed by atoms with Gasteiger partial charge < -0.3 is 0 Å². The molecule has 1 aliphatic carbocycles. The van der Waals surface area contributed by atoms with Gasteiger partial charge in [-0.3, -0.25) is 0 Å². The van der Waals surface area contributed by atoms with Crippen molar-refractivity contribution in [2.75, 3.05) is 0 Å². The van der Waals surface area contributed by atoms with Gasteiger partial charge >= 0.3 is 0 Å². The fourth-order valence-corrected chi connectivity index (χ4v) is 0.696. The SMILES string of the molecule is [B]C1=CCCC1. The van der Waals surface area contributed by atoms with Gasteiger partial charge in [0, 0.05) is 0 Å². The van der Waals surface area contributed by atoms with Gasteiger partial charge in [0.2, 0.25) is 0 Å². The zero-order valence-electron chi connectivity index (χ0n) is 3.78. The molecule has 0 saturated carbocycles. The quantitative estimate of drug-likeness (QED) is 0.382. The van der Waals surface area contributed by atoms with Crippen molar-refractivity contribution in [1.29, 1.82) is 0 Å². The van der Waals surface area contributed by atoms with E-state index in [0.717, 1.165) is 11.9 Å². The van der Waals surface area contributed by atoms with Gasteiger partial charge in [-0.15, -0.1) is 5.47 Å². The summed E-state index contributed by atoms with van der Waals surface area (Å²) in [6, 6.07) is 0. The van der Waals surface area contributed by atoms with E-state index in [2.05, 4.69) is 6.08 Å². The van der Waals surface area contributed by atoms with E-state index in [-0.39, 0.29) is 0 Å². The van der Waals surface area contributed by atoms with Gasteiger partial charge in [-0.2, -0.15) is 0 Å². The minimum Gasteiger partial charge on any atom is -0.122 e. The van der Waals surface area contributed by atoms with Crippen LogP contribution in [0.3, 0.4) is 0 Å². The maximum absolute atomic E-state index is 5.40. The number of hydrogen-bond donors (Lipinski definition) is 0. The van der Waals surface area contributed by atoms with E-state index in [4.69, 9.17) is 7.85 Å². The molecule has 0 spiro atoms. The molecule has 0 bridgehead atoms. The molecule has 0 unspecified atom stereocenters. The Morgan fingerprint density at radius 1 is 1.67 bits per heavy atom. The van der Waals surface area contributed by atoms with Crippen LogP contribution in [-0.4, -0.2) is 7.85 Å². The maximum Gasteiger partial charge on any atom is 0.107 e. The normalized spacial score (nSPS) is 21.0. The molecule has 1 heteroatoms. The molecule has 2 radical (unpaired) electrons. The second kappa shape index (κ2) is 1.50. The molecule has 0 fully saturated rings. The summed E-state index contributed by atoms with van der Waals surface area (Å²) in [6.45, 7) is 0. The van der Waals surface area contributed by atoms with Crippen LogP contribution in [-0.2, 0) is 0 Å². The van der Waals surface area contributed by atoms with Crippen molar-refractivity contribution in [3.05, 3.63) is 11.5 Å². The highest BCUT2D eigenvalue weighted by Crippen LogP contribution is 2.12. The van der Waals surface area contributed by atoms with Crippen molar-refractivity contribution in [2.24, 2.45) is 0 Å². The molecule has 0 aromatic heterocycles. The minimum absolute atomic E-state index is 1.08. The second-order valence-corrected chi connectivity index (χ2v) is 1.67. The summed E-state index contributed by atoms with van der Waals surface area (Å²) in [5, 5.41) is 0. The second-order valence-electron chi connectivity index (χ2n) is 1.67. The molecule has 0 amide bonds. The fraction of sp³-hybridized carbons (Fsp3) is 0.600. The van der Waals surface area contributed by atoms with Crippen LogP contribution in [0.4, 0.5) is 0 Å². The van der Waals surface area contributed by atoms with Gasteiger partial charge in [-0.05, 0) is 19.3 Å². The smallest absolute Gasteiger partial charge is 0.107 e. The first-order valence-corrected chi connectivity index (χ1v) is 2.34. The number of rotatable bonds is 0. The summed E-state index contributed by atoms with van der Waals surface area (Å²) in [4.78, 5) is 0. The molecule has 30 valence electrons. The third kappa shape index (κ3) is 0.646. The predicted octanol–water partition coefficient (Wildman–Crippen LogP) is 1.22. The van der Waals surface area contributed by atoms with E-state index >= 15 is 0 Å². The lowest BCUT2D eigenvalue weighted by Crippen LogP contribution is -1.68. The van der Waals surface area contributed by atoms with E-state index in [9.17, 15) is 0 Å². The Morgan fingerprint density at radius 2 is 2.50 bits per heavy atom. The van der Waals surface area contributed by atoms with Crippen molar-refractivity contribution in [1.82, 2.24) is 0 Å². The molecular formula is C5H7B. The third-order valence-electron chi connectivity index (χ3n) is 1.08. The molecule has 0 aromatic rings. The average molecular weight is 77.9 g/mol.